The van der Waals surface area contributed by atoms with E-state index in [1.807, 2.05) is 41.4 Å². The first-order valence-corrected chi connectivity index (χ1v) is 6.70. The molecule has 0 unspecified atom stereocenters. The number of imidazole rings is 1. The summed E-state index contributed by atoms with van der Waals surface area (Å²) in [6.07, 6.45) is 0.844. The van der Waals surface area contributed by atoms with E-state index in [9.17, 15) is 0 Å². The number of hydrogen-bond acceptors (Lipinski definition) is 4. The molecule has 6 nitrogen and oxygen atoms in total. The Morgan fingerprint density at radius 2 is 2.05 bits per heavy atom. The first-order chi connectivity index (χ1) is 9.60. The molecule has 20 heavy (non-hydrogen) atoms. The Bertz CT molecular complexity index is 767. The van der Waals surface area contributed by atoms with Crippen LogP contribution in [0.2, 0.25) is 0 Å². The minimum absolute atomic E-state index is 0.506. The molecule has 6 heteroatoms. The third kappa shape index (κ3) is 1.93. The van der Waals surface area contributed by atoms with Crippen molar-refractivity contribution >= 4 is 17.1 Å². The third-order valence-corrected chi connectivity index (χ3v) is 3.42. The topological polar surface area (TPSA) is 74.6 Å². The standard InChI is InChI=1S/C14H18N6/c1-4-11-12-13(19(3)18-11)20(14(15)17-12)8-10-7-5-6-9(2)16-10/h5-7H,4,8H2,1-3H3,(H2,15,17). The largest absolute Gasteiger partial charge is 0.369 e. The van der Waals surface area contributed by atoms with Crippen LogP contribution in [0.5, 0.6) is 0 Å². The number of nitrogen functional groups attached to an aromatic ring is 1. The highest BCUT2D eigenvalue weighted by atomic mass is 15.3. The van der Waals surface area contributed by atoms with Crippen molar-refractivity contribution in [3.05, 3.63) is 35.3 Å². The van der Waals surface area contributed by atoms with Crippen molar-refractivity contribution in [3.63, 3.8) is 0 Å². The van der Waals surface area contributed by atoms with E-state index in [2.05, 4.69) is 22.0 Å². The fraction of sp³-hybridized carbons (Fsp3) is 0.357. The van der Waals surface area contributed by atoms with Crippen LogP contribution in [0.4, 0.5) is 5.95 Å². The van der Waals surface area contributed by atoms with Gasteiger partial charge in [-0.25, -0.2) is 4.98 Å². The van der Waals surface area contributed by atoms with Crippen molar-refractivity contribution in [2.24, 2.45) is 7.05 Å². The van der Waals surface area contributed by atoms with E-state index < -0.39 is 0 Å². The Hall–Kier alpha value is -2.37. The maximum absolute atomic E-state index is 6.06. The lowest BCUT2D eigenvalue weighted by Crippen LogP contribution is -2.09. The molecular weight excluding hydrogens is 252 g/mol. The maximum Gasteiger partial charge on any atom is 0.202 e. The number of hydrogen-bond donors (Lipinski definition) is 1. The van der Waals surface area contributed by atoms with Crippen molar-refractivity contribution in [2.75, 3.05) is 5.73 Å². The monoisotopic (exact) mass is 270 g/mol. The van der Waals surface area contributed by atoms with Crippen molar-refractivity contribution in [1.82, 2.24) is 24.3 Å². The number of aromatic nitrogens is 5. The molecule has 0 radical (unpaired) electrons. The number of pyridine rings is 1. The van der Waals surface area contributed by atoms with Crippen LogP contribution >= 0.6 is 0 Å². The first kappa shape index (κ1) is 12.7. The normalized spacial score (nSPS) is 11.3. The summed E-state index contributed by atoms with van der Waals surface area (Å²) >= 11 is 0. The second kappa shape index (κ2) is 4.63. The summed E-state index contributed by atoms with van der Waals surface area (Å²) in [7, 11) is 1.92. The van der Waals surface area contributed by atoms with Gasteiger partial charge in [-0.05, 0) is 25.5 Å². The molecule has 3 rings (SSSR count). The number of rotatable bonds is 3. The molecule has 104 valence electrons. The van der Waals surface area contributed by atoms with Gasteiger partial charge in [-0.15, -0.1) is 0 Å². The molecule has 0 aromatic carbocycles. The summed E-state index contributed by atoms with van der Waals surface area (Å²) in [5, 5.41) is 4.49. The average Bonchev–Trinajstić information content (AvgIpc) is 2.88. The van der Waals surface area contributed by atoms with E-state index in [0.29, 0.717) is 12.5 Å². The number of nitrogens with two attached hydrogens (primary N) is 1. The van der Waals surface area contributed by atoms with Gasteiger partial charge in [0.25, 0.3) is 0 Å². The van der Waals surface area contributed by atoms with Gasteiger partial charge in [0, 0.05) is 12.7 Å². The zero-order chi connectivity index (χ0) is 14.3. The molecule has 0 bridgehead atoms. The second-order valence-electron chi connectivity index (χ2n) is 4.92. The first-order valence-electron chi connectivity index (χ1n) is 6.70. The van der Waals surface area contributed by atoms with E-state index in [0.717, 1.165) is 34.7 Å². The Morgan fingerprint density at radius 3 is 2.75 bits per heavy atom. The molecular formula is C14H18N6. The summed E-state index contributed by atoms with van der Waals surface area (Å²) in [6.45, 7) is 4.65. The Kier molecular flexibility index (Phi) is 2.93. The molecule has 0 aliphatic heterocycles. The summed E-state index contributed by atoms with van der Waals surface area (Å²) < 4.78 is 3.80. The molecule has 0 saturated carbocycles. The van der Waals surface area contributed by atoms with Crippen LogP contribution in [0, 0.1) is 6.92 Å². The van der Waals surface area contributed by atoms with Gasteiger partial charge in [0.2, 0.25) is 5.95 Å². The molecule has 2 N–H and O–H groups in total. The molecule has 0 saturated heterocycles. The van der Waals surface area contributed by atoms with Crippen LogP contribution in [0.1, 0.15) is 24.0 Å². The van der Waals surface area contributed by atoms with Crippen LogP contribution in [-0.2, 0) is 20.0 Å². The van der Waals surface area contributed by atoms with Gasteiger partial charge >= 0.3 is 0 Å². The fourth-order valence-electron chi connectivity index (χ4n) is 2.50. The lowest BCUT2D eigenvalue weighted by Gasteiger charge is -2.07. The van der Waals surface area contributed by atoms with Gasteiger partial charge in [0.1, 0.15) is 5.52 Å². The van der Waals surface area contributed by atoms with Crippen LogP contribution in [0.3, 0.4) is 0 Å². The fourth-order valence-corrected chi connectivity index (χ4v) is 2.50. The van der Waals surface area contributed by atoms with E-state index in [-0.39, 0.29) is 0 Å². The van der Waals surface area contributed by atoms with Crippen LogP contribution in [0.25, 0.3) is 11.2 Å². The van der Waals surface area contributed by atoms with Gasteiger partial charge in [0.05, 0.1) is 17.9 Å². The minimum atomic E-state index is 0.506. The molecule has 0 spiro atoms. The highest BCUT2D eigenvalue weighted by molar-refractivity contribution is 5.77. The third-order valence-electron chi connectivity index (χ3n) is 3.42. The molecule has 0 fully saturated rings. The second-order valence-corrected chi connectivity index (χ2v) is 4.92. The SMILES string of the molecule is CCc1nn(C)c2c1nc(N)n2Cc1cccc(C)n1. The predicted octanol–water partition coefficient (Wildman–Crippen LogP) is 1.67. The van der Waals surface area contributed by atoms with Crippen LogP contribution < -0.4 is 5.73 Å². The lowest BCUT2D eigenvalue weighted by atomic mass is 10.3. The molecule has 3 aromatic rings. The van der Waals surface area contributed by atoms with Gasteiger partial charge in [-0.2, -0.15) is 5.10 Å². The van der Waals surface area contributed by atoms with E-state index in [4.69, 9.17) is 5.73 Å². The smallest absolute Gasteiger partial charge is 0.202 e. The van der Waals surface area contributed by atoms with Gasteiger partial charge in [-0.1, -0.05) is 13.0 Å². The van der Waals surface area contributed by atoms with E-state index in [1.54, 1.807) is 0 Å². The number of anilines is 1. The quantitative estimate of drug-likeness (QED) is 0.785. The van der Waals surface area contributed by atoms with Crippen LogP contribution in [0.15, 0.2) is 18.2 Å². The summed E-state index contributed by atoms with van der Waals surface area (Å²) in [5.74, 6) is 0.506. The Balaban J connectivity index is 2.11. The number of aryl methyl sites for hydroxylation is 3. The maximum atomic E-state index is 6.06. The average molecular weight is 270 g/mol. The summed E-state index contributed by atoms with van der Waals surface area (Å²) in [6, 6.07) is 5.98. The molecule has 3 heterocycles. The van der Waals surface area contributed by atoms with Crippen molar-refractivity contribution in [1.29, 1.82) is 0 Å². The molecule has 0 aliphatic rings. The number of nitrogens with zero attached hydrogens (tertiary/aromatic N) is 5. The van der Waals surface area contributed by atoms with Gasteiger partial charge < -0.3 is 5.73 Å². The van der Waals surface area contributed by atoms with Crippen molar-refractivity contribution in [3.8, 4) is 0 Å². The van der Waals surface area contributed by atoms with Crippen molar-refractivity contribution in [2.45, 2.75) is 26.8 Å². The molecule has 0 atom stereocenters. The predicted molar refractivity (Wildman–Crippen MR) is 78.4 cm³/mol. The summed E-state index contributed by atoms with van der Waals surface area (Å²) in [5.41, 5.74) is 10.8. The number of fused-ring (bicyclic) bond motifs is 1. The minimum Gasteiger partial charge on any atom is -0.369 e. The van der Waals surface area contributed by atoms with Crippen LogP contribution in [-0.4, -0.2) is 24.3 Å². The highest BCUT2D eigenvalue weighted by Crippen LogP contribution is 2.22. The van der Waals surface area contributed by atoms with Gasteiger partial charge in [-0.3, -0.25) is 14.2 Å². The Morgan fingerprint density at radius 1 is 1.25 bits per heavy atom. The summed E-state index contributed by atoms with van der Waals surface area (Å²) in [4.78, 5) is 8.97. The van der Waals surface area contributed by atoms with E-state index in [1.165, 1.54) is 0 Å². The van der Waals surface area contributed by atoms with Gasteiger partial charge in [0.15, 0.2) is 5.65 Å². The zero-order valence-electron chi connectivity index (χ0n) is 12.0. The molecule has 0 aliphatic carbocycles. The lowest BCUT2D eigenvalue weighted by molar-refractivity contribution is 0.712. The molecule has 0 amide bonds. The van der Waals surface area contributed by atoms with E-state index >= 15 is 0 Å². The Labute approximate surface area is 117 Å². The van der Waals surface area contributed by atoms with Crippen molar-refractivity contribution < 1.29 is 0 Å². The molecule has 3 aromatic heterocycles. The zero-order valence-corrected chi connectivity index (χ0v) is 12.0. The highest BCUT2D eigenvalue weighted by Gasteiger charge is 2.17.